The second kappa shape index (κ2) is 8.70. The number of carbonyl (C=O) groups excluding carboxylic acids is 1. The van der Waals surface area contributed by atoms with E-state index in [2.05, 4.69) is 55.4 Å². The van der Waals surface area contributed by atoms with Crippen molar-refractivity contribution in [2.45, 2.75) is 117 Å². The van der Waals surface area contributed by atoms with Crippen molar-refractivity contribution in [3.63, 3.8) is 0 Å². The zero-order chi connectivity index (χ0) is 20.3. The molecule has 0 spiro atoms. The topological polar surface area (TPSA) is 35.5 Å². The Balaban J connectivity index is 5.42. The van der Waals surface area contributed by atoms with Crippen LogP contribution in [0, 0.1) is 5.92 Å². The fourth-order valence-electron chi connectivity index (χ4n) is 4.02. The Kier molecular flexibility index (Phi) is 8.65. The molecular formula is C20H42O3Si2. The van der Waals surface area contributed by atoms with Crippen molar-refractivity contribution in [3.8, 4) is 0 Å². The lowest BCUT2D eigenvalue weighted by atomic mass is 10.2. The molecule has 0 saturated heterocycles. The molecule has 0 rings (SSSR count). The first-order valence-electron chi connectivity index (χ1n) is 9.63. The van der Waals surface area contributed by atoms with Gasteiger partial charge in [-0.3, -0.25) is 4.79 Å². The Morgan fingerprint density at radius 3 is 1.72 bits per heavy atom. The Hall–Kier alpha value is -0.136. The maximum absolute atomic E-state index is 13.0. The molecule has 0 aromatic carbocycles. The van der Waals surface area contributed by atoms with Crippen LogP contribution in [0.4, 0.5) is 0 Å². The van der Waals surface area contributed by atoms with Gasteiger partial charge in [-0.15, -0.1) is 0 Å². The third-order valence-electron chi connectivity index (χ3n) is 4.97. The van der Waals surface area contributed by atoms with Crippen molar-refractivity contribution in [2.75, 3.05) is 0 Å². The maximum atomic E-state index is 13.0. The van der Waals surface area contributed by atoms with Crippen LogP contribution >= 0.6 is 0 Å². The second-order valence-corrected chi connectivity index (χ2v) is 17.0. The molecule has 0 amide bonds. The molecule has 2 atom stereocenters. The van der Waals surface area contributed by atoms with Gasteiger partial charge in [-0.1, -0.05) is 68.7 Å². The summed E-state index contributed by atoms with van der Waals surface area (Å²) in [5, 5.41) is -0.0273. The molecule has 0 bridgehead atoms. The van der Waals surface area contributed by atoms with Crippen LogP contribution in [0.5, 0.6) is 0 Å². The average molecular weight is 387 g/mol. The number of rotatable bonds is 7. The third-order valence-corrected chi connectivity index (χ3v) is 13.3. The first-order valence-corrected chi connectivity index (χ1v) is 12.7. The van der Waals surface area contributed by atoms with Crippen molar-refractivity contribution < 1.29 is 13.6 Å². The predicted octanol–water partition coefficient (Wildman–Crippen LogP) is 6.36. The lowest BCUT2D eigenvalue weighted by Crippen LogP contribution is -2.59. The van der Waals surface area contributed by atoms with Gasteiger partial charge in [-0.25, -0.2) is 0 Å². The molecule has 0 aromatic heterocycles. The highest BCUT2D eigenvalue weighted by Gasteiger charge is 2.60. The summed E-state index contributed by atoms with van der Waals surface area (Å²) in [6, 6.07) is 0.732. The largest absolute Gasteiger partial charge is 0.518 e. The third kappa shape index (κ3) is 6.51. The standard InChI is InChI=1S/C20H42O3Si2/c1-13-16(3)25(19(7,8)9,20(10,11)12)22-17(21)15(2)14-24-23-18(4,5)6/h15-16H,13-14H2,1-12H3. The van der Waals surface area contributed by atoms with Gasteiger partial charge in [0.05, 0.1) is 5.92 Å². The summed E-state index contributed by atoms with van der Waals surface area (Å²) in [4.78, 5) is 13.0. The summed E-state index contributed by atoms with van der Waals surface area (Å²) in [6.07, 6.45) is 1.04. The van der Waals surface area contributed by atoms with Gasteiger partial charge in [0.15, 0.2) is 0 Å². The van der Waals surface area contributed by atoms with E-state index in [4.69, 9.17) is 8.85 Å². The Labute approximate surface area is 160 Å². The van der Waals surface area contributed by atoms with Gasteiger partial charge in [-0.2, -0.15) is 0 Å². The van der Waals surface area contributed by atoms with Crippen molar-refractivity contribution in [2.24, 2.45) is 5.92 Å². The van der Waals surface area contributed by atoms with E-state index in [1.165, 1.54) is 0 Å². The van der Waals surface area contributed by atoms with Crippen molar-refractivity contribution in [3.05, 3.63) is 0 Å². The quantitative estimate of drug-likeness (QED) is 0.477. The number of carbonyl (C=O) groups is 1. The summed E-state index contributed by atoms with van der Waals surface area (Å²) in [5.74, 6) is -0.164. The molecule has 0 aliphatic carbocycles. The first-order chi connectivity index (χ1) is 11.0. The maximum Gasteiger partial charge on any atom is 0.295 e. The summed E-state index contributed by atoms with van der Waals surface area (Å²) >= 11 is 0. The molecule has 0 saturated carbocycles. The smallest absolute Gasteiger partial charge is 0.295 e. The monoisotopic (exact) mass is 386 g/mol. The molecule has 2 unspecified atom stereocenters. The lowest BCUT2D eigenvalue weighted by Gasteiger charge is -2.53. The molecule has 0 aromatic rings. The minimum absolute atomic E-state index is 0.0136. The fraction of sp³-hybridized carbons (Fsp3) is 0.950. The highest BCUT2D eigenvalue weighted by atomic mass is 28.4. The van der Waals surface area contributed by atoms with Crippen LogP contribution in [0.15, 0.2) is 0 Å². The molecule has 0 fully saturated rings. The van der Waals surface area contributed by atoms with Crippen LogP contribution in [0.3, 0.4) is 0 Å². The fourth-order valence-corrected chi connectivity index (χ4v) is 12.1. The molecule has 0 aliphatic rings. The van der Waals surface area contributed by atoms with Crippen LogP contribution in [-0.2, 0) is 13.6 Å². The van der Waals surface area contributed by atoms with Crippen molar-refractivity contribution in [1.29, 1.82) is 0 Å². The van der Waals surface area contributed by atoms with E-state index in [9.17, 15) is 4.79 Å². The summed E-state index contributed by atoms with van der Waals surface area (Å²) in [7, 11) is -2.07. The molecule has 5 heteroatoms. The van der Waals surface area contributed by atoms with E-state index in [1.807, 2.05) is 27.7 Å². The molecule has 25 heavy (non-hydrogen) atoms. The highest BCUT2D eigenvalue weighted by molar-refractivity contribution is 6.81. The summed E-state index contributed by atoms with van der Waals surface area (Å²) in [6.45, 7) is 26.1. The summed E-state index contributed by atoms with van der Waals surface area (Å²) < 4.78 is 12.3. The van der Waals surface area contributed by atoms with Gasteiger partial charge >= 0.3 is 0 Å². The average Bonchev–Trinajstić information content (AvgIpc) is 2.39. The summed E-state index contributed by atoms with van der Waals surface area (Å²) in [5.41, 5.74) is 0.255. The highest BCUT2D eigenvalue weighted by Crippen LogP contribution is 2.58. The number of hydrogen-bond donors (Lipinski definition) is 0. The van der Waals surface area contributed by atoms with Gasteiger partial charge in [0.25, 0.3) is 14.3 Å². The Morgan fingerprint density at radius 2 is 1.40 bits per heavy atom. The van der Waals surface area contributed by atoms with E-state index in [-0.39, 0.29) is 27.6 Å². The van der Waals surface area contributed by atoms with E-state index < -0.39 is 8.32 Å². The zero-order valence-electron chi connectivity index (χ0n) is 18.8. The van der Waals surface area contributed by atoms with E-state index >= 15 is 0 Å². The SMILES string of the molecule is CCC(C)[Si](OC(=O)C(C)C[Si]OC(C)(C)C)(C(C)(C)C)C(C)(C)C. The normalized spacial score (nSPS) is 16.5. The molecule has 0 heterocycles. The molecular weight excluding hydrogens is 344 g/mol. The predicted molar refractivity (Wildman–Crippen MR) is 112 cm³/mol. The minimum atomic E-state index is -2.39. The van der Waals surface area contributed by atoms with Crippen molar-refractivity contribution >= 4 is 24.0 Å². The first kappa shape index (κ1) is 24.9. The molecule has 3 nitrogen and oxygen atoms in total. The lowest BCUT2D eigenvalue weighted by molar-refractivity contribution is -0.139. The van der Waals surface area contributed by atoms with Crippen LogP contribution < -0.4 is 0 Å². The van der Waals surface area contributed by atoms with Crippen LogP contribution in [0.1, 0.15) is 89.5 Å². The van der Waals surface area contributed by atoms with Crippen molar-refractivity contribution in [1.82, 2.24) is 0 Å². The molecule has 0 N–H and O–H groups in total. The van der Waals surface area contributed by atoms with Crippen LogP contribution in [-0.4, -0.2) is 29.7 Å². The van der Waals surface area contributed by atoms with Gasteiger partial charge < -0.3 is 8.85 Å². The van der Waals surface area contributed by atoms with E-state index in [0.717, 1.165) is 12.5 Å². The van der Waals surface area contributed by atoms with Gasteiger partial charge in [0.1, 0.15) is 0 Å². The van der Waals surface area contributed by atoms with E-state index in [0.29, 0.717) is 15.3 Å². The van der Waals surface area contributed by atoms with Crippen LogP contribution in [0.25, 0.3) is 0 Å². The van der Waals surface area contributed by atoms with Gasteiger partial charge in [0.2, 0.25) is 9.76 Å². The van der Waals surface area contributed by atoms with E-state index in [1.54, 1.807) is 0 Å². The zero-order valence-corrected chi connectivity index (χ0v) is 20.8. The van der Waals surface area contributed by atoms with Gasteiger partial charge in [0, 0.05) is 5.60 Å². The number of hydrogen-bond acceptors (Lipinski definition) is 3. The second-order valence-electron chi connectivity index (χ2n) is 10.4. The Morgan fingerprint density at radius 1 is 0.960 bits per heavy atom. The van der Waals surface area contributed by atoms with Crippen LogP contribution in [0.2, 0.25) is 21.7 Å². The Bertz CT molecular complexity index is 414. The molecule has 0 aliphatic heterocycles. The van der Waals surface area contributed by atoms with Gasteiger partial charge in [-0.05, 0) is 42.4 Å². The molecule has 148 valence electrons. The molecule has 2 radical (unpaired) electrons. The minimum Gasteiger partial charge on any atom is -0.518 e.